The van der Waals surface area contributed by atoms with Crippen LogP contribution in [0.1, 0.15) is 12.5 Å². The van der Waals surface area contributed by atoms with Crippen molar-refractivity contribution in [3.63, 3.8) is 0 Å². The molecule has 0 bridgehead atoms. The fraction of sp³-hybridized carbons (Fsp3) is 0.333. The zero-order valence-electron chi connectivity index (χ0n) is 7.72. The van der Waals surface area contributed by atoms with Crippen LogP contribution in [0, 0.1) is 11.6 Å². The Kier molecular flexibility index (Phi) is 2.73. The third kappa shape index (κ3) is 1.83. The number of hydrogen-bond donors (Lipinski definition) is 3. The maximum absolute atomic E-state index is 12.9. The molecule has 0 aliphatic heterocycles. The number of anilines is 1. The van der Waals surface area contributed by atoms with E-state index in [9.17, 15) is 8.78 Å². The number of nitrogens with two attached hydrogens (primary N) is 2. The van der Waals surface area contributed by atoms with Crippen molar-refractivity contribution in [2.45, 2.75) is 12.5 Å². The number of rotatable bonds is 2. The molecule has 78 valence electrons. The quantitative estimate of drug-likeness (QED) is 0.618. The predicted molar refractivity (Wildman–Crippen MR) is 49.4 cm³/mol. The molecule has 0 aliphatic rings. The van der Waals surface area contributed by atoms with E-state index in [1.807, 2.05) is 0 Å². The number of halogens is 2. The van der Waals surface area contributed by atoms with Gasteiger partial charge in [0, 0.05) is 17.3 Å². The van der Waals surface area contributed by atoms with Crippen molar-refractivity contribution < 1.29 is 13.9 Å². The van der Waals surface area contributed by atoms with Crippen molar-refractivity contribution in [1.82, 2.24) is 0 Å². The van der Waals surface area contributed by atoms with E-state index in [0.29, 0.717) is 0 Å². The average Bonchev–Trinajstić information content (AvgIpc) is 2.11. The van der Waals surface area contributed by atoms with E-state index in [1.165, 1.54) is 6.92 Å². The Morgan fingerprint density at radius 1 is 1.36 bits per heavy atom. The molecule has 5 N–H and O–H groups in total. The number of hydrogen-bond acceptors (Lipinski definition) is 3. The van der Waals surface area contributed by atoms with E-state index in [2.05, 4.69) is 0 Å². The monoisotopic (exact) mass is 202 g/mol. The molecular weight excluding hydrogens is 190 g/mol. The molecule has 1 atom stereocenters. The summed E-state index contributed by atoms with van der Waals surface area (Å²) in [6.07, 6.45) is 0. The Balaban J connectivity index is 3.29. The molecular formula is C9H12F2N2O. The van der Waals surface area contributed by atoms with Crippen LogP contribution in [-0.2, 0) is 5.54 Å². The summed E-state index contributed by atoms with van der Waals surface area (Å²) in [5, 5.41) is 8.94. The highest BCUT2D eigenvalue weighted by Crippen LogP contribution is 2.25. The van der Waals surface area contributed by atoms with Crippen LogP contribution in [0.2, 0.25) is 0 Å². The number of aliphatic hydroxyl groups is 1. The molecule has 0 amide bonds. The van der Waals surface area contributed by atoms with Crippen LogP contribution in [-0.4, -0.2) is 11.7 Å². The summed E-state index contributed by atoms with van der Waals surface area (Å²) < 4.78 is 25.6. The Bertz CT molecular complexity index is 353. The number of benzene rings is 1. The molecule has 1 aromatic rings. The van der Waals surface area contributed by atoms with Gasteiger partial charge in [-0.05, 0) is 13.0 Å². The summed E-state index contributed by atoms with van der Waals surface area (Å²) in [4.78, 5) is 0. The lowest BCUT2D eigenvalue weighted by molar-refractivity contribution is 0.210. The Morgan fingerprint density at radius 3 is 2.36 bits per heavy atom. The van der Waals surface area contributed by atoms with E-state index in [4.69, 9.17) is 16.6 Å². The molecule has 14 heavy (non-hydrogen) atoms. The average molecular weight is 202 g/mol. The first-order chi connectivity index (χ1) is 6.38. The highest BCUT2D eigenvalue weighted by Gasteiger charge is 2.24. The first-order valence-corrected chi connectivity index (χ1v) is 4.03. The number of nitrogen functional groups attached to an aromatic ring is 1. The largest absolute Gasteiger partial charge is 0.398 e. The summed E-state index contributed by atoms with van der Waals surface area (Å²) in [5.41, 5.74) is 10.1. The lowest BCUT2D eigenvalue weighted by Crippen LogP contribution is -2.37. The van der Waals surface area contributed by atoms with Crippen LogP contribution >= 0.6 is 0 Å². The predicted octanol–water partition coefficient (Wildman–Crippen LogP) is 0.713. The van der Waals surface area contributed by atoms with Crippen LogP contribution < -0.4 is 11.5 Å². The van der Waals surface area contributed by atoms with E-state index in [0.717, 1.165) is 12.1 Å². The second kappa shape index (κ2) is 3.51. The fourth-order valence-electron chi connectivity index (χ4n) is 1.14. The van der Waals surface area contributed by atoms with Crippen LogP contribution in [0.15, 0.2) is 12.1 Å². The van der Waals surface area contributed by atoms with Gasteiger partial charge < -0.3 is 16.6 Å². The zero-order chi connectivity index (χ0) is 10.9. The van der Waals surface area contributed by atoms with Gasteiger partial charge in [-0.15, -0.1) is 0 Å². The molecule has 5 heteroatoms. The molecule has 0 radical (unpaired) electrons. The van der Waals surface area contributed by atoms with Crippen molar-refractivity contribution in [2.75, 3.05) is 12.3 Å². The van der Waals surface area contributed by atoms with Gasteiger partial charge >= 0.3 is 0 Å². The summed E-state index contributed by atoms with van der Waals surface area (Å²) in [7, 11) is 0. The molecule has 0 saturated carbocycles. The molecule has 0 aliphatic carbocycles. The van der Waals surface area contributed by atoms with Gasteiger partial charge in [-0.2, -0.15) is 0 Å². The van der Waals surface area contributed by atoms with Crippen molar-refractivity contribution in [3.05, 3.63) is 29.3 Å². The minimum absolute atomic E-state index is 0.0305. The van der Waals surface area contributed by atoms with Crippen molar-refractivity contribution in [1.29, 1.82) is 0 Å². The van der Waals surface area contributed by atoms with Gasteiger partial charge in [0.2, 0.25) is 0 Å². The van der Waals surface area contributed by atoms with Gasteiger partial charge in [-0.1, -0.05) is 0 Å². The molecule has 1 aromatic carbocycles. The fourth-order valence-corrected chi connectivity index (χ4v) is 1.14. The minimum Gasteiger partial charge on any atom is -0.398 e. The van der Waals surface area contributed by atoms with Gasteiger partial charge in [0.25, 0.3) is 0 Å². The number of aliphatic hydroxyl groups excluding tert-OH is 1. The Hall–Kier alpha value is -1.20. The first-order valence-electron chi connectivity index (χ1n) is 4.03. The lowest BCUT2D eigenvalue weighted by Gasteiger charge is -2.24. The normalized spacial score (nSPS) is 15.2. The molecule has 0 unspecified atom stereocenters. The van der Waals surface area contributed by atoms with Crippen molar-refractivity contribution in [2.24, 2.45) is 5.73 Å². The standard InChI is InChI=1S/C9H12F2N2O/c1-9(13,4-14)5-2-6(10)7(11)3-8(5)12/h2-3,14H,4,12-13H2,1H3/t9-/m0/s1. The lowest BCUT2D eigenvalue weighted by atomic mass is 9.92. The SMILES string of the molecule is C[C@](N)(CO)c1cc(F)c(F)cc1N. The van der Waals surface area contributed by atoms with Gasteiger partial charge in [-0.3, -0.25) is 0 Å². The van der Waals surface area contributed by atoms with E-state index in [-0.39, 0.29) is 11.3 Å². The summed E-state index contributed by atoms with van der Waals surface area (Å²) in [6.45, 7) is 1.08. The molecule has 0 saturated heterocycles. The van der Waals surface area contributed by atoms with Crippen LogP contribution in [0.4, 0.5) is 14.5 Å². The summed E-state index contributed by atoms with van der Waals surface area (Å²) >= 11 is 0. The first kappa shape index (κ1) is 10.9. The minimum atomic E-state index is -1.17. The molecule has 3 nitrogen and oxygen atoms in total. The molecule has 0 spiro atoms. The second-order valence-electron chi connectivity index (χ2n) is 3.43. The van der Waals surface area contributed by atoms with Crippen molar-refractivity contribution >= 4 is 5.69 Å². The maximum atomic E-state index is 12.9. The third-order valence-electron chi connectivity index (χ3n) is 2.04. The Morgan fingerprint density at radius 2 is 1.86 bits per heavy atom. The topological polar surface area (TPSA) is 72.3 Å². The van der Waals surface area contributed by atoms with Gasteiger partial charge in [-0.25, -0.2) is 8.78 Å². The van der Waals surface area contributed by atoms with E-state index < -0.39 is 23.8 Å². The highest BCUT2D eigenvalue weighted by atomic mass is 19.2. The molecule has 0 fully saturated rings. The van der Waals surface area contributed by atoms with Gasteiger partial charge in [0.1, 0.15) is 0 Å². The Labute approximate surface area is 80.3 Å². The van der Waals surface area contributed by atoms with Crippen molar-refractivity contribution in [3.8, 4) is 0 Å². The summed E-state index contributed by atoms with van der Waals surface area (Å²) in [5.74, 6) is -2.06. The second-order valence-corrected chi connectivity index (χ2v) is 3.43. The highest BCUT2D eigenvalue weighted by molar-refractivity contribution is 5.50. The zero-order valence-corrected chi connectivity index (χ0v) is 7.72. The smallest absolute Gasteiger partial charge is 0.160 e. The van der Waals surface area contributed by atoms with Gasteiger partial charge in [0.05, 0.1) is 12.1 Å². The molecule has 0 aromatic heterocycles. The van der Waals surface area contributed by atoms with Crippen LogP contribution in [0.25, 0.3) is 0 Å². The third-order valence-corrected chi connectivity index (χ3v) is 2.04. The van der Waals surface area contributed by atoms with E-state index >= 15 is 0 Å². The summed E-state index contributed by atoms with van der Waals surface area (Å²) in [6, 6.07) is 1.76. The van der Waals surface area contributed by atoms with Gasteiger partial charge in [0.15, 0.2) is 11.6 Å². The molecule has 0 heterocycles. The molecule has 1 rings (SSSR count). The van der Waals surface area contributed by atoms with Crippen LogP contribution in [0.5, 0.6) is 0 Å². The van der Waals surface area contributed by atoms with E-state index in [1.54, 1.807) is 0 Å². The maximum Gasteiger partial charge on any atom is 0.160 e. The van der Waals surface area contributed by atoms with Crippen LogP contribution in [0.3, 0.4) is 0 Å².